The molecule has 1 aromatic carbocycles. The van der Waals surface area contributed by atoms with Crippen molar-refractivity contribution >= 4 is 17.6 Å². The normalized spacial score (nSPS) is 11.7. The van der Waals surface area contributed by atoms with Gasteiger partial charge in [-0.25, -0.2) is 4.79 Å². The third-order valence-electron chi connectivity index (χ3n) is 3.27. The number of nitro groups is 1. The summed E-state index contributed by atoms with van der Waals surface area (Å²) in [4.78, 5) is 33.8. The first kappa shape index (κ1) is 16.4. The molecule has 7 heteroatoms. The number of aryl methyl sites for hydroxylation is 1. The van der Waals surface area contributed by atoms with Crippen molar-refractivity contribution in [3.05, 3.63) is 63.4 Å². The molecule has 120 valence electrons. The number of Topliss-reactive ketones (excluding diaryl/α,β-unsaturated/α-hetero) is 1. The van der Waals surface area contributed by atoms with Crippen molar-refractivity contribution in [3.63, 3.8) is 0 Å². The van der Waals surface area contributed by atoms with E-state index in [2.05, 4.69) is 0 Å². The summed E-state index contributed by atoms with van der Waals surface area (Å²) < 4.78 is 9.74. The van der Waals surface area contributed by atoms with E-state index in [9.17, 15) is 19.7 Å². The number of ketones is 1. The number of hydrogen-bond acceptors (Lipinski definition) is 6. The third kappa shape index (κ3) is 3.82. The zero-order valence-corrected chi connectivity index (χ0v) is 12.6. The van der Waals surface area contributed by atoms with Crippen LogP contribution in [0.3, 0.4) is 0 Å². The highest BCUT2D eigenvalue weighted by molar-refractivity contribution is 6.01. The van der Waals surface area contributed by atoms with Crippen LogP contribution in [0.25, 0.3) is 0 Å². The summed E-state index contributed by atoms with van der Waals surface area (Å²) in [6, 6.07) is 9.18. The van der Waals surface area contributed by atoms with Crippen LogP contribution >= 0.6 is 0 Å². The van der Waals surface area contributed by atoms with Crippen molar-refractivity contribution in [3.8, 4) is 0 Å². The molecule has 0 saturated carbocycles. The lowest BCUT2D eigenvalue weighted by atomic mass is 10.0. The monoisotopic (exact) mass is 317 g/mol. The Bertz CT molecular complexity index is 731. The third-order valence-corrected chi connectivity index (χ3v) is 3.27. The Morgan fingerprint density at radius 2 is 1.87 bits per heavy atom. The van der Waals surface area contributed by atoms with Gasteiger partial charge in [-0.2, -0.15) is 0 Å². The maximum absolute atomic E-state index is 12.2. The second-order valence-corrected chi connectivity index (χ2v) is 4.86. The molecule has 2 aromatic rings. The van der Waals surface area contributed by atoms with Gasteiger partial charge < -0.3 is 9.15 Å². The highest BCUT2D eigenvalue weighted by Crippen LogP contribution is 2.17. The van der Waals surface area contributed by atoms with Crippen LogP contribution in [0.1, 0.15) is 40.3 Å². The van der Waals surface area contributed by atoms with E-state index >= 15 is 0 Å². The first-order valence-electron chi connectivity index (χ1n) is 7.00. The topological polar surface area (TPSA) is 99.7 Å². The summed E-state index contributed by atoms with van der Waals surface area (Å²) in [5, 5.41) is 10.5. The molecule has 0 spiro atoms. The van der Waals surface area contributed by atoms with E-state index in [0.29, 0.717) is 5.56 Å². The number of furan rings is 1. The minimum atomic E-state index is -1.03. The van der Waals surface area contributed by atoms with Gasteiger partial charge in [0.05, 0.1) is 6.07 Å². The molecular weight excluding hydrogens is 302 g/mol. The minimum Gasteiger partial charge on any atom is -0.448 e. The molecule has 0 aliphatic heterocycles. The maximum atomic E-state index is 12.2. The van der Waals surface area contributed by atoms with E-state index in [1.54, 1.807) is 12.1 Å². The van der Waals surface area contributed by atoms with Gasteiger partial charge in [-0.1, -0.05) is 31.2 Å². The molecule has 0 N–H and O–H groups in total. The molecule has 0 unspecified atom stereocenters. The Morgan fingerprint density at radius 3 is 2.39 bits per heavy atom. The fourth-order valence-electron chi connectivity index (χ4n) is 1.95. The molecule has 0 aliphatic carbocycles. The van der Waals surface area contributed by atoms with Crippen LogP contribution in [-0.2, 0) is 11.2 Å². The summed E-state index contributed by atoms with van der Waals surface area (Å²) in [5.41, 5.74) is 1.52. The smallest absolute Gasteiger partial charge is 0.433 e. The molecule has 0 bridgehead atoms. The molecule has 1 atom stereocenters. The van der Waals surface area contributed by atoms with Crippen molar-refractivity contribution in [1.29, 1.82) is 0 Å². The Morgan fingerprint density at radius 1 is 1.22 bits per heavy atom. The molecule has 0 amide bonds. The molecule has 0 aliphatic rings. The molecule has 0 fully saturated rings. The quantitative estimate of drug-likeness (QED) is 0.351. The van der Waals surface area contributed by atoms with Crippen molar-refractivity contribution in [1.82, 2.24) is 0 Å². The van der Waals surface area contributed by atoms with Gasteiger partial charge in [0.2, 0.25) is 11.5 Å². The first-order valence-corrected chi connectivity index (χ1v) is 7.00. The molecule has 2 rings (SSSR count). The van der Waals surface area contributed by atoms with Gasteiger partial charge in [0.1, 0.15) is 4.92 Å². The largest absolute Gasteiger partial charge is 0.448 e. The second kappa shape index (κ2) is 6.87. The Kier molecular flexibility index (Phi) is 4.90. The zero-order chi connectivity index (χ0) is 17.0. The second-order valence-electron chi connectivity index (χ2n) is 4.86. The van der Waals surface area contributed by atoms with Crippen LogP contribution in [0.2, 0.25) is 0 Å². The van der Waals surface area contributed by atoms with Crippen LogP contribution in [0, 0.1) is 10.1 Å². The lowest BCUT2D eigenvalue weighted by Gasteiger charge is -2.11. The van der Waals surface area contributed by atoms with Gasteiger partial charge in [-0.05, 0) is 25.0 Å². The average molecular weight is 317 g/mol. The molecule has 0 radical (unpaired) electrons. The number of hydrogen-bond donors (Lipinski definition) is 0. The molecular formula is C16H15NO6. The number of ether oxygens (including phenoxy) is 1. The van der Waals surface area contributed by atoms with Gasteiger partial charge in [-0.3, -0.25) is 14.9 Å². The van der Waals surface area contributed by atoms with E-state index in [1.165, 1.54) is 6.92 Å². The van der Waals surface area contributed by atoms with Gasteiger partial charge in [0, 0.05) is 5.56 Å². The number of rotatable bonds is 6. The van der Waals surface area contributed by atoms with Crippen LogP contribution in [0.5, 0.6) is 0 Å². The van der Waals surface area contributed by atoms with Crippen LogP contribution in [-0.4, -0.2) is 22.8 Å². The first-order chi connectivity index (χ1) is 10.9. The summed E-state index contributed by atoms with van der Waals surface area (Å²) in [6.45, 7) is 3.44. The number of nitrogens with zero attached hydrogens (tertiary/aromatic N) is 1. The van der Waals surface area contributed by atoms with E-state index in [0.717, 1.165) is 24.1 Å². The van der Waals surface area contributed by atoms with Gasteiger partial charge in [-0.15, -0.1) is 0 Å². The molecule has 1 heterocycles. The lowest BCUT2D eigenvalue weighted by molar-refractivity contribution is -0.402. The number of carbonyl (C=O) groups excluding carboxylic acids is 2. The van der Waals surface area contributed by atoms with Crippen molar-refractivity contribution < 1.29 is 23.7 Å². The average Bonchev–Trinajstić information content (AvgIpc) is 3.04. The van der Waals surface area contributed by atoms with E-state index < -0.39 is 22.9 Å². The predicted molar refractivity (Wildman–Crippen MR) is 80.4 cm³/mol. The molecule has 0 saturated heterocycles. The van der Waals surface area contributed by atoms with Crippen LogP contribution < -0.4 is 0 Å². The lowest BCUT2D eigenvalue weighted by Crippen LogP contribution is -2.24. The van der Waals surface area contributed by atoms with E-state index in [4.69, 9.17) is 9.15 Å². The van der Waals surface area contributed by atoms with Gasteiger partial charge >= 0.3 is 11.9 Å². The fourth-order valence-corrected chi connectivity index (χ4v) is 1.95. The van der Waals surface area contributed by atoms with Crippen molar-refractivity contribution in [2.45, 2.75) is 26.4 Å². The van der Waals surface area contributed by atoms with E-state index in [1.807, 2.05) is 19.1 Å². The fraction of sp³-hybridized carbons (Fsp3) is 0.250. The molecule has 1 aromatic heterocycles. The van der Waals surface area contributed by atoms with Crippen molar-refractivity contribution in [2.75, 3.05) is 0 Å². The minimum absolute atomic E-state index is 0.322. The zero-order valence-electron chi connectivity index (χ0n) is 12.6. The highest BCUT2D eigenvalue weighted by atomic mass is 16.7. The Labute approximate surface area is 132 Å². The van der Waals surface area contributed by atoms with Crippen LogP contribution in [0.4, 0.5) is 5.88 Å². The van der Waals surface area contributed by atoms with E-state index in [-0.39, 0.29) is 11.5 Å². The SMILES string of the molecule is CCc1ccc(C(=O)[C@H](C)OC(=O)c2ccc([N+](=O)[O-])o2)cc1. The summed E-state index contributed by atoms with van der Waals surface area (Å²) in [7, 11) is 0. The molecule has 7 nitrogen and oxygen atoms in total. The van der Waals surface area contributed by atoms with Gasteiger partial charge in [0.25, 0.3) is 0 Å². The Hall–Kier alpha value is -2.96. The number of esters is 1. The Balaban J connectivity index is 2.04. The van der Waals surface area contributed by atoms with Crippen molar-refractivity contribution in [2.24, 2.45) is 0 Å². The summed E-state index contributed by atoms with van der Waals surface area (Å²) in [5.74, 6) is -2.17. The summed E-state index contributed by atoms with van der Waals surface area (Å²) >= 11 is 0. The van der Waals surface area contributed by atoms with Gasteiger partial charge in [0.15, 0.2) is 6.10 Å². The molecule has 23 heavy (non-hydrogen) atoms. The number of benzene rings is 1. The number of carbonyl (C=O) groups is 2. The maximum Gasteiger partial charge on any atom is 0.433 e. The van der Waals surface area contributed by atoms with Crippen LogP contribution in [0.15, 0.2) is 40.8 Å². The highest BCUT2D eigenvalue weighted by Gasteiger charge is 2.24. The standard InChI is InChI=1S/C16H15NO6/c1-3-11-4-6-12(7-5-11)15(18)10(2)22-16(19)13-8-9-14(23-13)17(20)21/h4-10H,3H2,1-2H3/t10-/m0/s1. The summed E-state index contributed by atoms with van der Waals surface area (Å²) in [6.07, 6.45) is -0.171. The predicted octanol–water partition coefficient (Wildman–Crippen LogP) is 3.18.